The van der Waals surface area contributed by atoms with Crippen molar-refractivity contribution in [3.8, 4) is 11.1 Å². The molecule has 0 spiro atoms. The number of nitrogens with one attached hydrogen (secondary N) is 1. The third-order valence-electron chi connectivity index (χ3n) is 5.80. The van der Waals surface area contributed by atoms with Crippen molar-refractivity contribution < 1.29 is 4.79 Å². The molecule has 1 aliphatic carbocycles. The van der Waals surface area contributed by atoms with E-state index in [-0.39, 0.29) is 11.9 Å². The third kappa shape index (κ3) is 3.68. The molecular weight excluding hydrogens is 362 g/mol. The summed E-state index contributed by atoms with van der Waals surface area (Å²) in [5, 5.41) is 4.05. The number of aryl methyl sites for hydroxylation is 1. The molecule has 1 atom stereocenters. The summed E-state index contributed by atoms with van der Waals surface area (Å²) in [6.45, 7) is 3.77. The first-order valence-corrected chi connectivity index (χ1v) is 10.3. The molecule has 2 aliphatic rings. The summed E-state index contributed by atoms with van der Waals surface area (Å²) in [6.07, 6.45) is 5.02. The zero-order chi connectivity index (χ0) is 20.0. The monoisotopic (exact) mass is 387 g/mol. The van der Waals surface area contributed by atoms with Gasteiger partial charge in [-0.15, -0.1) is 0 Å². The van der Waals surface area contributed by atoms with Crippen LogP contribution in [0.2, 0.25) is 0 Å². The zero-order valence-corrected chi connectivity index (χ0v) is 16.6. The molecule has 1 saturated heterocycles. The molecule has 1 aliphatic heterocycles. The van der Waals surface area contributed by atoms with E-state index in [4.69, 9.17) is 10.7 Å². The highest BCUT2D eigenvalue weighted by atomic mass is 16.1. The molecule has 6 nitrogen and oxygen atoms in total. The van der Waals surface area contributed by atoms with Gasteiger partial charge in [0.15, 0.2) is 0 Å². The van der Waals surface area contributed by atoms with Gasteiger partial charge in [-0.25, -0.2) is 9.97 Å². The van der Waals surface area contributed by atoms with Crippen LogP contribution in [0.1, 0.15) is 35.2 Å². The number of nitrogens with zero attached hydrogens (tertiary/aromatic N) is 3. The first-order valence-electron chi connectivity index (χ1n) is 10.3. The van der Waals surface area contributed by atoms with Crippen LogP contribution >= 0.6 is 0 Å². The van der Waals surface area contributed by atoms with E-state index in [1.165, 1.54) is 0 Å². The van der Waals surface area contributed by atoms with E-state index < -0.39 is 0 Å². The Balaban J connectivity index is 1.46. The number of anilines is 1. The highest BCUT2D eigenvalue weighted by molar-refractivity contribution is 5.96. The fourth-order valence-electron chi connectivity index (χ4n) is 3.88. The number of nitrogens with two attached hydrogens (primary N) is 1. The number of carbonyl (C=O) groups excluding carboxylic acids is 1. The lowest BCUT2D eigenvalue weighted by Gasteiger charge is -2.16. The first-order chi connectivity index (χ1) is 14.1. The second-order valence-corrected chi connectivity index (χ2v) is 8.22. The standard InChI is InChI=1S/C23H25N5O/c1-14-2-3-16(22(29)26-19-5-6-19)11-20(14)15-4-7-21-17(10-15)12-25-23(27-21)28-9-8-18(24)13-28/h2-4,7,10-12,18-19H,5-6,8-9,13,24H2,1H3,(H,26,29)/t18-/m0/s1. The van der Waals surface area contributed by atoms with Gasteiger partial charge < -0.3 is 16.0 Å². The van der Waals surface area contributed by atoms with Gasteiger partial charge >= 0.3 is 0 Å². The van der Waals surface area contributed by atoms with Crippen molar-refractivity contribution in [2.75, 3.05) is 18.0 Å². The molecule has 148 valence electrons. The summed E-state index contributed by atoms with van der Waals surface area (Å²) in [7, 11) is 0. The third-order valence-corrected chi connectivity index (χ3v) is 5.80. The molecule has 1 saturated carbocycles. The molecule has 3 aromatic rings. The largest absolute Gasteiger partial charge is 0.349 e. The van der Waals surface area contributed by atoms with Gasteiger partial charge in [0.1, 0.15) is 0 Å². The second-order valence-electron chi connectivity index (χ2n) is 8.22. The Kier molecular flexibility index (Phi) is 4.43. The molecule has 29 heavy (non-hydrogen) atoms. The minimum Gasteiger partial charge on any atom is -0.349 e. The molecule has 5 rings (SSSR count). The highest BCUT2D eigenvalue weighted by Crippen LogP contribution is 2.29. The summed E-state index contributed by atoms with van der Waals surface area (Å²) in [5.74, 6) is 0.750. The van der Waals surface area contributed by atoms with Crippen LogP contribution in [0.25, 0.3) is 22.0 Å². The van der Waals surface area contributed by atoms with Gasteiger partial charge in [0.2, 0.25) is 5.95 Å². The molecular formula is C23H25N5O. The minimum absolute atomic E-state index is 0.00587. The van der Waals surface area contributed by atoms with Crippen LogP contribution < -0.4 is 16.0 Å². The molecule has 2 fully saturated rings. The number of aromatic nitrogens is 2. The molecule has 3 N–H and O–H groups in total. The number of rotatable bonds is 4. The Labute approximate surface area is 170 Å². The molecule has 2 heterocycles. The number of benzene rings is 2. The van der Waals surface area contributed by atoms with Crippen LogP contribution in [-0.4, -0.2) is 41.0 Å². The van der Waals surface area contributed by atoms with Crippen molar-refractivity contribution in [3.05, 3.63) is 53.7 Å². The fourth-order valence-corrected chi connectivity index (χ4v) is 3.88. The number of amides is 1. The zero-order valence-electron chi connectivity index (χ0n) is 16.6. The first kappa shape index (κ1) is 18.1. The predicted octanol–water partition coefficient (Wildman–Crippen LogP) is 3.03. The molecule has 0 radical (unpaired) electrons. The summed E-state index contributed by atoms with van der Waals surface area (Å²) in [5.41, 5.74) is 10.9. The van der Waals surface area contributed by atoms with Crippen LogP contribution in [-0.2, 0) is 0 Å². The summed E-state index contributed by atoms with van der Waals surface area (Å²) < 4.78 is 0. The van der Waals surface area contributed by atoms with Crippen molar-refractivity contribution >= 4 is 22.8 Å². The van der Waals surface area contributed by atoms with Gasteiger partial charge in [-0.1, -0.05) is 12.1 Å². The van der Waals surface area contributed by atoms with Crippen LogP contribution in [0, 0.1) is 6.92 Å². The van der Waals surface area contributed by atoms with E-state index in [0.717, 1.165) is 65.9 Å². The normalized spacial score (nSPS) is 19.0. The number of fused-ring (bicyclic) bond motifs is 1. The van der Waals surface area contributed by atoms with Crippen molar-refractivity contribution in [1.29, 1.82) is 0 Å². The highest BCUT2D eigenvalue weighted by Gasteiger charge is 2.24. The quantitative estimate of drug-likeness (QED) is 0.719. The maximum absolute atomic E-state index is 12.4. The SMILES string of the molecule is Cc1ccc(C(=O)NC2CC2)cc1-c1ccc2nc(N3CC[C@H](N)C3)ncc2c1. The fraction of sp³-hybridized carbons (Fsp3) is 0.348. The Hall–Kier alpha value is -2.99. The van der Waals surface area contributed by atoms with Crippen molar-refractivity contribution in [2.45, 2.75) is 38.3 Å². The summed E-state index contributed by atoms with van der Waals surface area (Å²) in [4.78, 5) is 23.9. The summed E-state index contributed by atoms with van der Waals surface area (Å²) >= 11 is 0. The van der Waals surface area contributed by atoms with E-state index in [2.05, 4.69) is 34.3 Å². The van der Waals surface area contributed by atoms with Gasteiger partial charge in [0, 0.05) is 42.3 Å². The smallest absolute Gasteiger partial charge is 0.251 e. The maximum Gasteiger partial charge on any atom is 0.251 e. The number of carbonyl (C=O) groups is 1. The minimum atomic E-state index is 0.00587. The maximum atomic E-state index is 12.4. The second kappa shape index (κ2) is 7.12. The van der Waals surface area contributed by atoms with Crippen LogP contribution in [0.15, 0.2) is 42.6 Å². The van der Waals surface area contributed by atoms with Crippen molar-refractivity contribution in [1.82, 2.24) is 15.3 Å². The Morgan fingerprint density at radius 2 is 2.03 bits per heavy atom. The van der Waals surface area contributed by atoms with Crippen molar-refractivity contribution in [3.63, 3.8) is 0 Å². The van der Waals surface area contributed by atoms with Crippen LogP contribution in [0.4, 0.5) is 5.95 Å². The average molecular weight is 387 g/mol. The lowest BCUT2D eigenvalue weighted by Crippen LogP contribution is -2.27. The molecule has 1 amide bonds. The van der Waals surface area contributed by atoms with Gasteiger partial charge in [0.05, 0.1) is 5.52 Å². The molecule has 6 heteroatoms. The predicted molar refractivity (Wildman–Crippen MR) is 115 cm³/mol. The van der Waals surface area contributed by atoms with Gasteiger partial charge in [0.25, 0.3) is 5.91 Å². The van der Waals surface area contributed by atoms with E-state index in [9.17, 15) is 4.79 Å². The number of hydrogen-bond acceptors (Lipinski definition) is 5. The van der Waals surface area contributed by atoms with Crippen molar-refractivity contribution in [2.24, 2.45) is 5.73 Å². The Morgan fingerprint density at radius 1 is 1.17 bits per heavy atom. The number of hydrogen-bond donors (Lipinski definition) is 2. The molecule has 0 unspecified atom stereocenters. The average Bonchev–Trinajstić information content (AvgIpc) is 3.44. The van der Waals surface area contributed by atoms with E-state index in [1.807, 2.05) is 30.5 Å². The Bertz CT molecular complexity index is 1090. The van der Waals surface area contributed by atoms with E-state index in [1.54, 1.807) is 0 Å². The van der Waals surface area contributed by atoms with E-state index in [0.29, 0.717) is 11.6 Å². The Morgan fingerprint density at radius 3 is 2.79 bits per heavy atom. The van der Waals surface area contributed by atoms with Gasteiger partial charge in [-0.2, -0.15) is 0 Å². The molecule has 0 bridgehead atoms. The van der Waals surface area contributed by atoms with Gasteiger partial charge in [-0.3, -0.25) is 4.79 Å². The summed E-state index contributed by atoms with van der Waals surface area (Å²) in [6, 6.07) is 12.6. The van der Waals surface area contributed by atoms with Gasteiger partial charge in [-0.05, 0) is 67.1 Å². The molecule has 2 aromatic carbocycles. The van der Waals surface area contributed by atoms with E-state index >= 15 is 0 Å². The van der Waals surface area contributed by atoms with Crippen LogP contribution in [0.5, 0.6) is 0 Å². The lowest BCUT2D eigenvalue weighted by atomic mass is 9.97. The molecule has 1 aromatic heterocycles. The topological polar surface area (TPSA) is 84.1 Å². The van der Waals surface area contributed by atoms with Crippen LogP contribution in [0.3, 0.4) is 0 Å². The lowest BCUT2D eigenvalue weighted by molar-refractivity contribution is 0.0951.